The fourth-order valence-electron chi connectivity index (χ4n) is 2.25. The molecule has 1 aliphatic rings. The van der Waals surface area contributed by atoms with Crippen LogP contribution < -0.4 is 0 Å². The summed E-state index contributed by atoms with van der Waals surface area (Å²) in [6, 6.07) is 0. The van der Waals surface area contributed by atoms with E-state index in [0.717, 1.165) is 12.8 Å². The van der Waals surface area contributed by atoms with Crippen LogP contribution in [0.1, 0.15) is 45.4 Å². The monoisotopic (exact) mass is 292 g/mol. The highest BCUT2D eigenvalue weighted by molar-refractivity contribution is 4.88. The third-order valence-electron chi connectivity index (χ3n) is 3.61. The standard InChI is InChI=1S/C14H28O6/c1-2-3-4-5-6-7-8-19-9-10-11(15)12(16)13(17)14(18)20-10/h10-18H,2-9H2,1H3/t10-,11+,12+,13-,14+/m1/s1. The van der Waals surface area contributed by atoms with Gasteiger partial charge >= 0.3 is 0 Å². The topological polar surface area (TPSA) is 99.4 Å². The molecule has 0 amide bonds. The minimum atomic E-state index is -1.49. The predicted molar refractivity (Wildman–Crippen MR) is 73.1 cm³/mol. The van der Waals surface area contributed by atoms with E-state index in [9.17, 15) is 20.4 Å². The van der Waals surface area contributed by atoms with Gasteiger partial charge in [-0.05, 0) is 6.42 Å². The zero-order chi connectivity index (χ0) is 15.0. The lowest BCUT2D eigenvalue weighted by atomic mass is 9.99. The molecule has 0 bridgehead atoms. The van der Waals surface area contributed by atoms with Crippen molar-refractivity contribution in [2.75, 3.05) is 13.2 Å². The number of hydrogen-bond donors (Lipinski definition) is 4. The fourth-order valence-corrected chi connectivity index (χ4v) is 2.25. The summed E-state index contributed by atoms with van der Waals surface area (Å²) in [6.07, 6.45) is 0.530. The average molecular weight is 292 g/mol. The molecule has 6 heteroatoms. The Morgan fingerprint density at radius 3 is 2.20 bits per heavy atom. The molecule has 0 aromatic heterocycles. The van der Waals surface area contributed by atoms with E-state index in [-0.39, 0.29) is 6.61 Å². The Morgan fingerprint density at radius 1 is 0.850 bits per heavy atom. The number of aliphatic hydroxyl groups excluding tert-OH is 4. The van der Waals surface area contributed by atoms with Crippen molar-refractivity contribution in [3.05, 3.63) is 0 Å². The van der Waals surface area contributed by atoms with Crippen molar-refractivity contribution >= 4 is 0 Å². The third-order valence-corrected chi connectivity index (χ3v) is 3.61. The summed E-state index contributed by atoms with van der Waals surface area (Å²) in [5.41, 5.74) is 0. The van der Waals surface area contributed by atoms with E-state index in [1.54, 1.807) is 0 Å². The first-order valence-corrected chi connectivity index (χ1v) is 7.53. The van der Waals surface area contributed by atoms with Crippen LogP contribution in [0.2, 0.25) is 0 Å². The first kappa shape index (κ1) is 17.8. The maximum absolute atomic E-state index is 9.70. The zero-order valence-corrected chi connectivity index (χ0v) is 12.1. The minimum Gasteiger partial charge on any atom is -0.387 e. The molecule has 0 unspecified atom stereocenters. The molecule has 120 valence electrons. The number of rotatable bonds is 9. The summed E-state index contributed by atoms with van der Waals surface area (Å²) >= 11 is 0. The van der Waals surface area contributed by atoms with Gasteiger partial charge in [-0.2, -0.15) is 0 Å². The maximum Gasteiger partial charge on any atom is 0.184 e. The van der Waals surface area contributed by atoms with Gasteiger partial charge in [0.25, 0.3) is 0 Å². The molecule has 1 rings (SSSR count). The van der Waals surface area contributed by atoms with Crippen LogP contribution in [-0.4, -0.2) is 64.3 Å². The van der Waals surface area contributed by atoms with Gasteiger partial charge in [0, 0.05) is 6.61 Å². The second-order valence-electron chi connectivity index (χ2n) is 5.38. The van der Waals surface area contributed by atoms with Gasteiger partial charge < -0.3 is 29.9 Å². The second kappa shape index (κ2) is 9.65. The molecule has 1 saturated heterocycles. The highest BCUT2D eigenvalue weighted by Gasteiger charge is 2.42. The molecular formula is C14H28O6. The van der Waals surface area contributed by atoms with E-state index in [1.807, 2.05) is 0 Å². The Bertz CT molecular complexity index is 250. The van der Waals surface area contributed by atoms with Gasteiger partial charge in [0.05, 0.1) is 6.61 Å². The molecule has 5 atom stereocenters. The second-order valence-corrected chi connectivity index (χ2v) is 5.38. The van der Waals surface area contributed by atoms with Gasteiger partial charge in [0.15, 0.2) is 6.29 Å². The van der Waals surface area contributed by atoms with Crippen LogP contribution in [0.25, 0.3) is 0 Å². The summed E-state index contributed by atoms with van der Waals surface area (Å²) in [5.74, 6) is 0. The lowest BCUT2D eigenvalue weighted by Crippen LogP contribution is -2.58. The van der Waals surface area contributed by atoms with Gasteiger partial charge in [0.1, 0.15) is 24.4 Å². The van der Waals surface area contributed by atoms with Crippen molar-refractivity contribution in [1.29, 1.82) is 0 Å². The summed E-state index contributed by atoms with van der Waals surface area (Å²) in [7, 11) is 0. The molecule has 1 aliphatic heterocycles. The Balaban J connectivity index is 2.09. The van der Waals surface area contributed by atoms with Gasteiger partial charge in [-0.15, -0.1) is 0 Å². The molecule has 0 aromatic carbocycles. The largest absolute Gasteiger partial charge is 0.387 e. The smallest absolute Gasteiger partial charge is 0.184 e. The van der Waals surface area contributed by atoms with E-state index >= 15 is 0 Å². The van der Waals surface area contributed by atoms with Crippen molar-refractivity contribution in [3.63, 3.8) is 0 Å². The van der Waals surface area contributed by atoms with Crippen molar-refractivity contribution in [2.24, 2.45) is 0 Å². The maximum atomic E-state index is 9.70. The summed E-state index contributed by atoms with van der Waals surface area (Å²) in [5, 5.41) is 37.9. The van der Waals surface area contributed by atoms with Gasteiger partial charge in [-0.25, -0.2) is 0 Å². The summed E-state index contributed by atoms with van der Waals surface area (Å²) in [4.78, 5) is 0. The van der Waals surface area contributed by atoms with Crippen molar-refractivity contribution in [2.45, 2.75) is 76.2 Å². The van der Waals surface area contributed by atoms with Gasteiger partial charge in [-0.3, -0.25) is 0 Å². The first-order valence-electron chi connectivity index (χ1n) is 7.53. The molecule has 0 aliphatic carbocycles. The minimum absolute atomic E-state index is 0.0942. The van der Waals surface area contributed by atoms with Crippen LogP contribution >= 0.6 is 0 Å². The molecule has 1 fully saturated rings. The van der Waals surface area contributed by atoms with E-state index in [1.165, 1.54) is 25.7 Å². The third kappa shape index (κ3) is 5.63. The molecule has 4 N–H and O–H groups in total. The van der Waals surface area contributed by atoms with Crippen LogP contribution in [0.5, 0.6) is 0 Å². The van der Waals surface area contributed by atoms with Gasteiger partial charge in [-0.1, -0.05) is 39.0 Å². The zero-order valence-electron chi connectivity index (χ0n) is 12.1. The lowest BCUT2D eigenvalue weighted by molar-refractivity contribution is -0.288. The van der Waals surface area contributed by atoms with Crippen LogP contribution in [-0.2, 0) is 9.47 Å². The van der Waals surface area contributed by atoms with Crippen LogP contribution in [0.3, 0.4) is 0 Å². The van der Waals surface area contributed by atoms with Crippen molar-refractivity contribution < 1.29 is 29.9 Å². The van der Waals surface area contributed by atoms with E-state index in [0.29, 0.717) is 6.61 Å². The molecule has 1 heterocycles. The normalized spacial score (nSPS) is 34.4. The molecule has 6 nitrogen and oxygen atoms in total. The molecule has 0 radical (unpaired) electrons. The Morgan fingerprint density at radius 2 is 1.50 bits per heavy atom. The summed E-state index contributed by atoms with van der Waals surface area (Å²) < 4.78 is 10.4. The van der Waals surface area contributed by atoms with Crippen molar-refractivity contribution in [3.8, 4) is 0 Å². The SMILES string of the molecule is CCCCCCCCOC[C@H]1O[C@H](O)[C@H](O)[C@@H](O)[C@H]1O. The lowest BCUT2D eigenvalue weighted by Gasteiger charge is -2.38. The molecule has 20 heavy (non-hydrogen) atoms. The highest BCUT2D eigenvalue weighted by Crippen LogP contribution is 2.20. The van der Waals surface area contributed by atoms with Gasteiger partial charge in [0.2, 0.25) is 0 Å². The molecular weight excluding hydrogens is 264 g/mol. The summed E-state index contributed by atoms with van der Waals surface area (Å²) in [6.45, 7) is 2.84. The Hall–Kier alpha value is -0.240. The Kier molecular flexibility index (Phi) is 8.60. The van der Waals surface area contributed by atoms with E-state index < -0.39 is 30.7 Å². The van der Waals surface area contributed by atoms with Crippen LogP contribution in [0.4, 0.5) is 0 Å². The molecule has 0 spiro atoms. The number of aliphatic hydroxyl groups is 4. The molecule has 0 aromatic rings. The average Bonchev–Trinajstić information content (AvgIpc) is 2.44. The number of hydrogen-bond acceptors (Lipinski definition) is 6. The first-order chi connectivity index (χ1) is 9.57. The van der Waals surface area contributed by atoms with Crippen LogP contribution in [0.15, 0.2) is 0 Å². The Labute approximate surface area is 120 Å². The van der Waals surface area contributed by atoms with E-state index in [4.69, 9.17) is 9.47 Å². The quantitative estimate of drug-likeness (QED) is 0.452. The fraction of sp³-hybridized carbons (Fsp3) is 1.00. The van der Waals surface area contributed by atoms with Crippen LogP contribution in [0, 0.1) is 0 Å². The van der Waals surface area contributed by atoms with E-state index in [2.05, 4.69) is 6.92 Å². The highest BCUT2D eigenvalue weighted by atomic mass is 16.6. The number of unbranched alkanes of at least 4 members (excludes halogenated alkanes) is 5. The van der Waals surface area contributed by atoms with Crippen molar-refractivity contribution in [1.82, 2.24) is 0 Å². The number of ether oxygens (including phenoxy) is 2. The predicted octanol–water partition coefficient (Wildman–Crippen LogP) is 0.163. The molecule has 0 saturated carbocycles.